The van der Waals surface area contributed by atoms with Crippen LogP contribution in [0.4, 0.5) is 5.13 Å². The predicted octanol–water partition coefficient (Wildman–Crippen LogP) is 3.58. The number of morpholine rings is 1. The summed E-state index contributed by atoms with van der Waals surface area (Å²) in [6.45, 7) is 6.95. The number of rotatable bonds is 7. The first-order valence-corrected chi connectivity index (χ1v) is 11.1. The van der Waals surface area contributed by atoms with Crippen LogP contribution in [-0.2, 0) is 11.3 Å². The van der Waals surface area contributed by atoms with Crippen molar-refractivity contribution in [2.75, 3.05) is 51.4 Å². The Hall–Kier alpha value is -1.91. The number of hydrogen-bond donors (Lipinski definition) is 0. The molecule has 4 rings (SSSR count). The third-order valence-electron chi connectivity index (χ3n) is 5.12. The first-order chi connectivity index (χ1) is 14.6. The maximum absolute atomic E-state index is 13.5. The molecule has 0 spiro atoms. The summed E-state index contributed by atoms with van der Waals surface area (Å²) < 4.78 is 13.4. The van der Waals surface area contributed by atoms with Gasteiger partial charge in [0.15, 0.2) is 5.13 Å². The number of methoxy groups -OCH3 is 1. The molecule has 11 heteroatoms. The highest BCUT2D eigenvalue weighted by Gasteiger charge is 2.26. The largest absolute Gasteiger partial charge is 0.494 e. The number of thiazole rings is 1. The zero-order valence-electron chi connectivity index (χ0n) is 17.4. The van der Waals surface area contributed by atoms with E-state index in [2.05, 4.69) is 10.00 Å². The second-order valence-electron chi connectivity index (χ2n) is 6.87. The van der Waals surface area contributed by atoms with Crippen LogP contribution in [0, 0.1) is 0 Å². The van der Waals surface area contributed by atoms with Crippen molar-refractivity contribution in [3.05, 3.63) is 35.1 Å². The first kappa shape index (κ1) is 23.7. The number of ether oxygens (including phenoxy) is 2. The van der Waals surface area contributed by atoms with Gasteiger partial charge in [-0.3, -0.25) is 19.3 Å². The molecule has 1 aliphatic rings. The van der Waals surface area contributed by atoms with E-state index in [9.17, 15) is 4.79 Å². The summed E-state index contributed by atoms with van der Waals surface area (Å²) in [7, 11) is 1.60. The van der Waals surface area contributed by atoms with Crippen molar-refractivity contribution in [3.8, 4) is 5.75 Å². The number of amides is 1. The fraction of sp³-hybridized carbons (Fsp3) is 0.450. The van der Waals surface area contributed by atoms with Gasteiger partial charge in [0, 0.05) is 38.9 Å². The molecule has 3 aromatic rings. The normalized spacial score (nSPS) is 14.4. The predicted molar refractivity (Wildman–Crippen MR) is 125 cm³/mol. The van der Waals surface area contributed by atoms with E-state index in [0.29, 0.717) is 53.4 Å². The van der Waals surface area contributed by atoms with Crippen molar-refractivity contribution in [3.63, 3.8) is 0 Å². The molecule has 0 aliphatic carbocycles. The van der Waals surface area contributed by atoms with Gasteiger partial charge in [-0.2, -0.15) is 5.10 Å². The van der Waals surface area contributed by atoms with Crippen molar-refractivity contribution in [2.45, 2.75) is 13.5 Å². The minimum Gasteiger partial charge on any atom is -0.494 e. The number of benzene rings is 1. The highest BCUT2D eigenvalue weighted by atomic mass is 35.5. The van der Waals surface area contributed by atoms with Crippen molar-refractivity contribution in [1.29, 1.82) is 0 Å². The molecule has 1 saturated heterocycles. The van der Waals surface area contributed by atoms with E-state index in [1.807, 2.05) is 6.92 Å². The number of carbonyl (C=O) groups excluding carboxylic acids is 1. The molecule has 0 radical (unpaired) electrons. The molecule has 1 amide bonds. The summed E-state index contributed by atoms with van der Waals surface area (Å²) in [5, 5.41) is 5.44. The van der Waals surface area contributed by atoms with Crippen LogP contribution in [0.3, 0.4) is 0 Å². The van der Waals surface area contributed by atoms with Gasteiger partial charge < -0.3 is 9.47 Å². The molecule has 3 heterocycles. The lowest BCUT2D eigenvalue weighted by Crippen LogP contribution is -2.43. The van der Waals surface area contributed by atoms with Gasteiger partial charge >= 0.3 is 0 Å². The Morgan fingerprint density at radius 1 is 1.32 bits per heavy atom. The number of hydrogen-bond acceptors (Lipinski definition) is 7. The van der Waals surface area contributed by atoms with E-state index in [1.165, 1.54) is 11.3 Å². The van der Waals surface area contributed by atoms with Crippen LogP contribution >= 0.6 is 35.3 Å². The van der Waals surface area contributed by atoms with Crippen molar-refractivity contribution in [1.82, 2.24) is 19.7 Å². The Balaban J connectivity index is 0.00000272. The lowest BCUT2D eigenvalue weighted by atomic mass is 10.3. The van der Waals surface area contributed by atoms with Crippen LogP contribution in [0.15, 0.2) is 24.4 Å². The number of aromatic nitrogens is 3. The quantitative estimate of drug-likeness (QED) is 0.509. The minimum absolute atomic E-state index is 0. The summed E-state index contributed by atoms with van der Waals surface area (Å²) in [6.07, 6.45) is 1.65. The number of anilines is 1. The van der Waals surface area contributed by atoms with E-state index in [1.54, 1.807) is 41.1 Å². The molecule has 0 atom stereocenters. The average molecular weight is 486 g/mol. The van der Waals surface area contributed by atoms with Gasteiger partial charge in [0.1, 0.15) is 17.0 Å². The topological polar surface area (TPSA) is 72.7 Å². The molecular formula is C20H25Cl2N5O3S. The second-order valence-corrected chi connectivity index (χ2v) is 8.25. The van der Waals surface area contributed by atoms with Gasteiger partial charge in [-0.25, -0.2) is 4.98 Å². The molecule has 0 bridgehead atoms. The molecule has 2 aromatic heterocycles. The summed E-state index contributed by atoms with van der Waals surface area (Å²) in [6, 6.07) is 5.32. The zero-order valence-corrected chi connectivity index (χ0v) is 19.8. The summed E-state index contributed by atoms with van der Waals surface area (Å²) in [4.78, 5) is 22.3. The van der Waals surface area contributed by atoms with Gasteiger partial charge in [-0.1, -0.05) is 22.9 Å². The highest BCUT2D eigenvalue weighted by molar-refractivity contribution is 7.23. The van der Waals surface area contributed by atoms with E-state index in [4.69, 9.17) is 26.1 Å². The SMILES string of the molecule is CCn1nccc1C(=O)N(CCN1CCOCC1)c1nc2c(OC)ccc(Cl)c2s1.Cl. The Morgan fingerprint density at radius 2 is 2.10 bits per heavy atom. The summed E-state index contributed by atoms with van der Waals surface area (Å²) in [5.74, 6) is 0.507. The summed E-state index contributed by atoms with van der Waals surface area (Å²) >= 11 is 7.80. The lowest BCUT2D eigenvalue weighted by Gasteiger charge is -2.29. The van der Waals surface area contributed by atoms with Gasteiger partial charge in [0.05, 0.1) is 30.0 Å². The van der Waals surface area contributed by atoms with E-state index >= 15 is 0 Å². The van der Waals surface area contributed by atoms with Crippen LogP contribution in [0.1, 0.15) is 17.4 Å². The Labute approximate surface area is 196 Å². The maximum atomic E-state index is 13.5. The molecule has 8 nitrogen and oxygen atoms in total. The smallest absolute Gasteiger partial charge is 0.278 e. The van der Waals surface area contributed by atoms with Gasteiger partial charge in [-0.05, 0) is 25.1 Å². The lowest BCUT2D eigenvalue weighted by molar-refractivity contribution is 0.0391. The van der Waals surface area contributed by atoms with Gasteiger partial charge in [-0.15, -0.1) is 12.4 Å². The highest BCUT2D eigenvalue weighted by Crippen LogP contribution is 2.39. The van der Waals surface area contributed by atoms with Gasteiger partial charge in [0.2, 0.25) is 0 Å². The average Bonchev–Trinajstić information content (AvgIpc) is 3.42. The third kappa shape index (κ3) is 4.96. The van der Waals surface area contributed by atoms with Crippen LogP contribution < -0.4 is 9.64 Å². The fourth-order valence-corrected chi connectivity index (χ4v) is 4.76. The Kier molecular flexibility index (Phi) is 8.12. The second kappa shape index (κ2) is 10.6. The molecule has 168 valence electrons. The number of halogens is 2. The van der Waals surface area contributed by atoms with E-state index in [0.717, 1.165) is 24.3 Å². The van der Waals surface area contributed by atoms with E-state index in [-0.39, 0.29) is 18.3 Å². The Bertz CT molecular complexity index is 1040. The molecule has 1 fully saturated rings. The number of nitrogens with zero attached hydrogens (tertiary/aromatic N) is 5. The molecule has 1 aromatic carbocycles. The standard InChI is InChI=1S/C20H24ClN5O3S.ClH/c1-3-26-15(6-7-22-26)19(27)25(9-8-24-10-12-29-13-11-24)20-23-17-16(28-2)5-4-14(21)18(17)30-20;/h4-7H,3,8-13H2,1-2H3;1H. The van der Waals surface area contributed by atoms with Crippen molar-refractivity contribution in [2.24, 2.45) is 0 Å². The molecular weight excluding hydrogens is 461 g/mol. The zero-order chi connectivity index (χ0) is 21.1. The monoisotopic (exact) mass is 485 g/mol. The third-order valence-corrected chi connectivity index (χ3v) is 6.66. The molecule has 31 heavy (non-hydrogen) atoms. The van der Waals surface area contributed by atoms with Gasteiger partial charge in [0.25, 0.3) is 5.91 Å². The first-order valence-electron chi connectivity index (χ1n) is 9.89. The van der Waals surface area contributed by atoms with Crippen molar-refractivity contribution >= 4 is 56.6 Å². The van der Waals surface area contributed by atoms with Crippen molar-refractivity contribution < 1.29 is 14.3 Å². The summed E-state index contributed by atoms with van der Waals surface area (Å²) in [5.41, 5.74) is 1.20. The number of fused-ring (bicyclic) bond motifs is 1. The van der Waals surface area contributed by atoms with Crippen LogP contribution in [-0.4, -0.2) is 72.1 Å². The minimum atomic E-state index is -0.128. The molecule has 0 saturated carbocycles. The fourth-order valence-electron chi connectivity index (χ4n) is 3.48. The van der Waals surface area contributed by atoms with E-state index < -0.39 is 0 Å². The molecule has 0 unspecified atom stereocenters. The van der Waals surface area contributed by atoms with Crippen LogP contribution in [0.5, 0.6) is 5.75 Å². The number of carbonyl (C=O) groups is 1. The van der Waals surface area contributed by atoms with Crippen LogP contribution in [0.25, 0.3) is 10.2 Å². The maximum Gasteiger partial charge on any atom is 0.278 e. The molecule has 0 N–H and O–H groups in total. The number of aryl methyl sites for hydroxylation is 1. The molecule has 1 aliphatic heterocycles. The Morgan fingerprint density at radius 3 is 2.81 bits per heavy atom. The van der Waals surface area contributed by atoms with Crippen LogP contribution in [0.2, 0.25) is 5.02 Å².